The van der Waals surface area contributed by atoms with Crippen LogP contribution in [-0.4, -0.2) is 28.7 Å². The molecule has 28 heavy (non-hydrogen) atoms. The first-order valence-corrected chi connectivity index (χ1v) is 9.00. The van der Waals surface area contributed by atoms with Gasteiger partial charge in [0.15, 0.2) is 0 Å². The predicted octanol–water partition coefficient (Wildman–Crippen LogP) is 3.34. The van der Waals surface area contributed by atoms with Gasteiger partial charge in [-0.1, -0.05) is 30.3 Å². The molecule has 0 aliphatic carbocycles. The maximum absolute atomic E-state index is 14.3. The molecule has 0 unspecified atom stereocenters. The standard InChI is InChI=1S/C21H23FN4O2/c1-15-6-5-7-16(14-15)28-13-11-24-21(27)25-19(20-23-10-12-26(20)2)17-8-3-4-9-18(17)22/h3-10,12,14,19H,11,13H2,1-2H3,(H2,24,25,27)/t19-/m0/s1. The van der Waals surface area contributed by atoms with E-state index in [0.29, 0.717) is 24.5 Å². The molecule has 7 heteroatoms. The number of nitrogens with one attached hydrogen (secondary N) is 2. The number of rotatable bonds is 7. The van der Waals surface area contributed by atoms with Crippen molar-refractivity contribution in [3.8, 4) is 5.75 Å². The van der Waals surface area contributed by atoms with Gasteiger partial charge in [0.05, 0.1) is 6.54 Å². The minimum atomic E-state index is -0.709. The Hall–Kier alpha value is -3.35. The molecular formula is C21H23FN4O2. The molecule has 1 aromatic heterocycles. The Morgan fingerprint density at radius 1 is 1.25 bits per heavy atom. The van der Waals surface area contributed by atoms with Gasteiger partial charge in [-0.2, -0.15) is 0 Å². The number of amides is 2. The van der Waals surface area contributed by atoms with E-state index in [2.05, 4.69) is 15.6 Å². The molecule has 1 heterocycles. The monoisotopic (exact) mass is 382 g/mol. The number of aryl methyl sites for hydroxylation is 2. The molecule has 3 rings (SSSR count). The van der Waals surface area contributed by atoms with E-state index in [9.17, 15) is 9.18 Å². The van der Waals surface area contributed by atoms with E-state index in [1.54, 1.807) is 42.2 Å². The Morgan fingerprint density at radius 3 is 2.79 bits per heavy atom. The maximum atomic E-state index is 14.3. The van der Waals surface area contributed by atoms with Gasteiger partial charge >= 0.3 is 6.03 Å². The summed E-state index contributed by atoms with van der Waals surface area (Å²) in [5.74, 6) is 0.884. The van der Waals surface area contributed by atoms with Crippen LogP contribution in [0.3, 0.4) is 0 Å². The highest BCUT2D eigenvalue weighted by Gasteiger charge is 2.23. The van der Waals surface area contributed by atoms with E-state index in [1.165, 1.54) is 6.07 Å². The molecule has 0 radical (unpaired) electrons. The second kappa shape index (κ2) is 9.03. The molecule has 0 bridgehead atoms. The Morgan fingerprint density at radius 2 is 2.07 bits per heavy atom. The number of nitrogens with zero attached hydrogens (tertiary/aromatic N) is 2. The van der Waals surface area contributed by atoms with Crippen LogP contribution in [0.5, 0.6) is 5.75 Å². The zero-order valence-corrected chi connectivity index (χ0v) is 15.9. The fourth-order valence-electron chi connectivity index (χ4n) is 2.87. The average Bonchev–Trinajstić information content (AvgIpc) is 3.10. The summed E-state index contributed by atoms with van der Waals surface area (Å²) in [5.41, 5.74) is 1.45. The molecule has 0 saturated heterocycles. The quantitative estimate of drug-likeness (QED) is 0.616. The summed E-state index contributed by atoms with van der Waals surface area (Å²) in [5, 5.41) is 5.53. The van der Waals surface area contributed by atoms with Crippen molar-refractivity contribution in [3.63, 3.8) is 0 Å². The molecule has 2 N–H and O–H groups in total. The highest BCUT2D eigenvalue weighted by Crippen LogP contribution is 2.22. The van der Waals surface area contributed by atoms with E-state index in [4.69, 9.17) is 4.74 Å². The number of benzene rings is 2. The number of ether oxygens (including phenoxy) is 1. The summed E-state index contributed by atoms with van der Waals surface area (Å²) in [6.07, 6.45) is 3.36. The van der Waals surface area contributed by atoms with E-state index in [1.807, 2.05) is 31.2 Å². The molecule has 1 atom stereocenters. The minimum Gasteiger partial charge on any atom is -0.492 e. The molecule has 6 nitrogen and oxygen atoms in total. The summed E-state index contributed by atoms with van der Waals surface area (Å²) >= 11 is 0. The Balaban J connectivity index is 1.60. The summed E-state index contributed by atoms with van der Waals surface area (Å²) in [6.45, 7) is 2.62. The van der Waals surface area contributed by atoms with Crippen LogP contribution in [-0.2, 0) is 7.05 Å². The Bertz CT molecular complexity index is 941. The molecule has 3 aromatic rings. The minimum absolute atomic E-state index is 0.310. The van der Waals surface area contributed by atoms with Crippen molar-refractivity contribution in [3.05, 3.63) is 83.7 Å². The highest BCUT2D eigenvalue weighted by molar-refractivity contribution is 5.74. The number of aromatic nitrogens is 2. The van der Waals surface area contributed by atoms with Crippen molar-refractivity contribution in [2.45, 2.75) is 13.0 Å². The van der Waals surface area contributed by atoms with Gasteiger partial charge in [-0.05, 0) is 30.7 Å². The summed E-state index contributed by atoms with van der Waals surface area (Å²) < 4.78 is 21.7. The van der Waals surface area contributed by atoms with Crippen molar-refractivity contribution in [1.29, 1.82) is 0 Å². The lowest BCUT2D eigenvalue weighted by Gasteiger charge is -2.20. The first-order chi connectivity index (χ1) is 13.5. The SMILES string of the molecule is Cc1cccc(OCCNC(=O)N[C@@H](c2ccccc2F)c2nccn2C)c1. The van der Waals surface area contributed by atoms with E-state index < -0.39 is 17.9 Å². The normalized spacial score (nSPS) is 11.7. The third-order valence-corrected chi connectivity index (χ3v) is 4.25. The molecule has 0 aliphatic rings. The van der Waals surface area contributed by atoms with Crippen molar-refractivity contribution in [2.75, 3.05) is 13.2 Å². The number of urea groups is 1. The van der Waals surface area contributed by atoms with Crippen LogP contribution >= 0.6 is 0 Å². The van der Waals surface area contributed by atoms with Crippen molar-refractivity contribution in [1.82, 2.24) is 20.2 Å². The lowest BCUT2D eigenvalue weighted by atomic mass is 10.1. The van der Waals surface area contributed by atoms with Gasteiger partial charge < -0.3 is 19.9 Å². The largest absolute Gasteiger partial charge is 0.492 e. The third kappa shape index (κ3) is 4.88. The van der Waals surface area contributed by atoms with E-state index in [0.717, 1.165) is 11.3 Å². The van der Waals surface area contributed by atoms with Crippen LogP contribution < -0.4 is 15.4 Å². The zero-order valence-electron chi connectivity index (χ0n) is 15.9. The van der Waals surface area contributed by atoms with Gasteiger partial charge in [0.25, 0.3) is 0 Å². The van der Waals surface area contributed by atoms with Crippen molar-refractivity contribution >= 4 is 6.03 Å². The lowest BCUT2D eigenvalue weighted by molar-refractivity contribution is 0.233. The Labute approximate surface area is 163 Å². The number of halogens is 1. The second-order valence-electron chi connectivity index (χ2n) is 6.42. The topological polar surface area (TPSA) is 68.2 Å². The molecular weight excluding hydrogens is 359 g/mol. The number of hydrogen-bond donors (Lipinski definition) is 2. The van der Waals surface area contributed by atoms with Crippen LogP contribution in [0.2, 0.25) is 0 Å². The van der Waals surface area contributed by atoms with Crippen LogP contribution in [0, 0.1) is 12.7 Å². The van der Waals surface area contributed by atoms with Crippen LogP contribution in [0.1, 0.15) is 23.0 Å². The molecule has 2 amide bonds. The molecule has 0 saturated carbocycles. The number of hydrogen-bond acceptors (Lipinski definition) is 3. The smallest absolute Gasteiger partial charge is 0.315 e. The molecule has 0 spiro atoms. The fourth-order valence-corrected chi connectivity index (χ4v) is 2.87. The zero-order chi connectivity index (χ0) is 19.9. The van der Waals surface area contributed by atoms with Gasteiger partial charge in [-0.3, -0.25) is 0 Å². The van der Waals surface area contributed by atoms with Gasteiger partial charge in [0, 0.05) is 25.0 Å². The van der Waals surface area contributed by atoms with E-state index in [-0.39, 0.29) is 0 Å². The van der Waals surface area contributed by atoms with E-state index >= 15 is 0 Å². The first kappa shape index (κ1) is 19.4. The molecule has 0 aliphatic heterocycles. The third-order valence-electron chi connectivity index (χ3n) is 4.25. The lowest BCUT2D eigenvalue weighted by Crippen LogP contribution is -2.41. The fraction of sp³-hybridized carbons (Fsp3) is 0.238. The van der Waals surface area contributed by atoms with Gasteiger partial charge in [0.2, 0.25) is 0 Å². The molecule has 2 aromatic carbocycles. The predicted molar refractivity (Wildman–Crippen MR) is 105 cm³/mol. The maximum Gasteiger partial charge on any atom is 0.315 e. The van der Waals surface area contributed by atoms with Gasteiger partial charge in [0.1, 0.15) is 30.0 Å². The van der Waals surface area contributed by atoms with Crippen molar-refractivity contribution < 1.29 is 13.9 Å². The van der Waals surface area contributed by atoms with Crippen molar-refractivity contribution in [2.24, 2.45) is 7.05 Å². The van der Waals surface area contributed by atoms with Crippen LogP contribution in [0.15, 0.2) is 60.9 Å². The first-order valence-electron chi connectivity index (χ1n) is 9.00. The average molecular weight is 382 g/mol. The second-order valence-corrected chi connectivity index (χ2v) is 6.42. The summed E-state index contributed by atoms with van der Waals surface area (Å²) in [7, 11) is 1.80. The summed E-state index contributed by atoms with van der Waals surface area (Å²) in [6, 6.07) is 12.9. The number of carbonyl (C=O) groups is 1. The van der Waals surface area contributed by atoms with Crippen LogP contribution in [0.4, 0.5) is 9.18 Å². The number of imidazole rings is 1. The number of carbonyl (C=O) groups excluding carboxylic acids is 1. The molecule has 0 fully saturated rings. The summed E-state index contributed by atoms with van der Waals surface area (Å²) in [4.78, 5) is 16.6. The highest BCUT2D eigenvalue weighted by atomic mass is 19.1. The van der Waals surface area contributed by atoms with Gasteiger partial charge in [-0.25, -0.2) is 14.2 Å². The van der Waals surface area contributed by atoms with Gasteiger partial charge in [-0.15, -0.1) is 0 Å². The molecule has 146 valence electrons. The van der Waals surface area contributed by atoms with Crippen LogP contribution in [0.25, 0.3) is 0 Å². The Kier molecular flexibility index (Phi) is 6.26.